The molecule has 3 fully saturated rings. The minimum absolute atomic E-state index is 0.104. The Kier molecular flexibility index (Phi) is 2.53. The highest BCUT2D eigenvalue weighted by atomic mass is 16.2. The van der Waals surface area contributed by atoms with Gasteiger partial charge in [0, 0.05) is 0 Å². The maximum absolute atomic E-state index is 12.7. The monoisotopic (exact) mass is 306 g/mol. The normalized spacial score (nSPS) is 40.0. The van der Waals surface area contributed by atoms with Gasteiger partial charge in [0.2, 0.25) is 0 Å². The van der Waals surface area contributed by atoms with Crippen molar-refractivity contribution < 1.29 is 9.59 Å². The van der Waals surface area contributed by atoms with Crippen molar-refractivity contribution in [3.05, 3.63) is 47.5 Å². The predicted octanol–water partition coefficient (Wildman–Crippen LogP) is 2.38. The molecule has 1 aromatic carbocycles. The number of allylic oxidation sites excluding steroid dienone is 2. The van der Waals surface area contributed by atoms with Gasteiger partial charge in [0.25, 0.3) is 11.8 Å². The van der Waals surface area contributed by atoms with E-state index in [1.54, 1.807) is 6.21 Å². The molecule has 4 heteroatoms. The Bertz CT molecular complexity index is 728. The molecule has 2 saturated carbocycles. The van der Waals surface area contributed by atoms with Gasteiger partial charge >= 0.3 is 0 Å². The summed E-state index contributed by atoms with van der Waals surface area (Å²) in [4.78, 5) is 25.5. The molecule has 1 aliphatic heterocycles. The Morgan fingerprint density at radius 1 is 1.00 bits per heavy atom. The lowest BCUT2D eigenvalue weighted by atomic mass is 9.63. The van der Waals surface area contributed by atoms with Crippen molar-refractivity contribution in [3.63, 3.8) is 0 Å². The van der Waals surface area contributed by atoms with E-state index in [2.05, 4.69) is 17.3 Å². The highest BCUT2D eigenvalue weighted by molar-refractivity contribution is 6.06. The van der Waals surface area contributed by atoms with E-state index in [-0.39, 0.29) is 35.5 Å². The van der Waals surface area contributed by atoms with E-state index in [1.165, 1.54) is 12.0 Å². The summed E-state index contributed by atoms with van der Waals surface area (Å²) in [5, 5.41) is 5.36. The predicted molar refractivity (Wildman–Crippen MR) is 85.3 cm³/mol. The lowest BCUT2D eigenvalue weighted by Gasteiger charge is -2.37. The molecule has 23 heavy (non-hydrogen) atoms. The molecular formula is C19H18N2O2. The lowest BCUT2D eigenvalue weighted by molar-refractivity contribution is -0.140. The van der Waals surface area contributed by atoms with Crippen LogP contribution in [0.1, 0.15) is 17.5 Å². The van der Waals surface area contributed by atoms with E-state index >= 15 is 0 Å². The summed E-state index contributed by atoms with van der Waals surface area (Å²) in [5.74, 6) is 1.22. The van der Waals surface area contributed by atoms with E-state index in [4.69, 9.17) is 0 Å². The van der Waals surface area contributed by atoms with Crippen molar-refractivity contribution in [2.45, 2.75) is 13.3 Å². The van der Waals surface area contributed by atoms with Crippen LogP contribution in [-0.2, 0) is 9.59 Å². The number of carbonyl (C=O) groups is 2. The van der Waals surface area contributed by atoms with Gasteiger partial charge in [-0.15, -0.1) is 0 Å². The molecule has 6 atom stereocenters. The third-order valence-corrected chi connectivity index (χ3v) is 6.04. The van der Waals surface area contributed by atoms with Gasteiger partial charge in [0.1, 0.15) is 0 Å². The van der Waals surface area contributed by atoms with Crippen LogP contribution in [0.4, 0.5) is 0 Å². The van der Waals surface area contributed by atoms with E-state index in [1.807, 2.05) is 31.2 Å². The zero-order valence-corrected chi connectivity index (χ0v) is 12.9. The van der Waals surface area contributed by atoms with Gasteiger partial charge in [-0.3, -0.25) is 9.59 Å². The molecule has 6 rings (SSSR count). The van der Waals surface area contributed by atoms with E-state index in [0.717, 1.165) is 10.6 Å². The van der Waals surface area contributed by atoms with Crippen LogP contribution in [0.2, 0.25) is 0 Å². The standard InChI is InChI=1S/C19H18N2O2/c1-10-2-4-11(5-3-10)9-20-21-18(22)16-12-6-7-13(15-8-14(12)15)17(16)19(21)23/h2-7,9,12-17H,8H2,1H3/b20-9-/t12-,13-,14-,15+,16-,17-/m1/s1. The number of carbonyl (C=O) groups excluding carboxylic acids is 2. The fraction of sp³-hybridized carbons (Fsp3) is 0.421. The molecule has 0 unspecified atom stereocenters. The van der Waals surface area contributed by atoms with Crippen LogP contribution >= 0.6 is 0 Å². The van der Waals surface area contributed by atoms with Gasteiger partial charge in [-0.2, -0.15) is 10.1 Å². The zero-order valence-electron chi connectivity index (χ0n) is 12.9. The summed E-state index contributed by atoms with van der Waals surface area (Å²) in [5.41, 5.74) is 2.07. The Labute approximate surface area is 134 Å². The van der Waals surface area contributed by atoms with Gasteiger partial charge in [-0.1, -0.05) is 42.0 Å². The first-order valence-electron chi connectivity index (χ1n) is 8.32. The van der Waals surface area contributed by atoms with Crippen molar-refractivity contribution in [2.24, 2.45) is 40.6 Å². The highest BCUT2D eigenvalue weighted by Gasteiger charge is 2.67. The minimum atomic E-state index is -0.170. The molecule has 2 bridgehead atoms. The molecule has 0 N–H and O–H groups in total. The molecule has 5 aliphatic rings. The molecule has 0 spiro atoms. The van der Waals surface area contributed by atoms with Gasteiger partial charge in [0.05, 0.1) is 18.1 Å². The van der Waals surface area contributed by atoms with Gasteiger partial charge in [0.15, 0.2) is 0 Å². The van der Waals surface area contributed by atoms with Crippen LogP contribution in [-0.4, -0.2) is 23.0 Å². The number of benzene rings is 1. The second-order valence-electron chi connectivity index (χ2n) is 7.30. The summed E-state index contributed by atoms with van der Waals surface area (Å²) >= 11 is 0. The third kappa shape index (κ3) is 1.75. The van der Waals surface area contributed by atoms with Crippen LogP contribution in [0.25, 0.3) is 0 Å². The Hall–Kier alpha value is -2.23. The van der Waals surface area contributed by atoms with Gasteiger partial charge in [-0.25, -0.2) is 0 Å². The number of imide groups is 1. The van der Waals surface area contributed by atoms with Crippen molar-refractivity contribution in [3.8, 4) is 0 Å². The summed E-state index contributed by atoms with van der Waals surface area (Å²) in [6.07, 6.45) is 7.15. The first kappa shape index (κ1) is 13.2. The molecule has 116 valence electrons. The van der Waals surface area contributed by atoms with Gasteiger partial charge < -0.3 is 0 Å². The molecule has 4 aliphatic carbocycles. The zero-order chi connectivity index (χ0) is 15.7. The van der Waals surface area contributed by atoms with E-state index < -0.39 is 0 Å². The summed E-state index contributed by atoms with van der Waals surface area (Å²) < 4.78 is 0. The average molecular weight is 306 g/mol. The first-order chi connectivity index (χ1) is 11.1. The topological polar surface area (TPSA) is 49.7 Å². The summed E-state index contributed by atoms with van der Waals surface area (Å²) in [6.45, 7) is 2.02. The number of hydrazone groups is 1. The molecule has 4 nitrogen and oxygen atoms in total. The average Bonchev–Trinajstić information content (AvgIpc) is 3.33. The lowest BCUT2D eigenvalue weighted by Crippen LogP contribution is -2.40. The molecule has 0 radical (unpaired) electrons. The van der Waals surface area contributed by atoms with E-state index in [9.17, 15) is 9.59 Å². The molecule has 1 heterocycles. The van der Waals surface area contributed by atoms with Crippen LogP contribution in [0.3, 0.4) is 0 Å². The van der Waals surface area contributed by atoms with Gasteiger partial charge in [-0.05, 0) is 42.6 Å². The molecule has 2 amide bonds. The largest absolute Gasteiger partial charge is 0.272 e. The van der Waals surface area contributed by atoms with Crippen molar-refractivity contribution in [1.29, 1.82) is 0 Å². The highest BCUT2D eigenvalue weighted by Crippen LogP contribution is 2.65. The molecular weight excluding hydrogens is 288 g/mol. The third-order valence-electron chi connectivity index (χ3n) is 6.04. The van der Waals surface area contributed by atoms with E-state index in [0.29, 0.717) is 11.8 Å². The molecule has 0 aromatic heterocycles. The summed E-state index contributed by atoms with van der Waals surface area (Å²) in [6, 6.07) is 7.87. The van der Waals surface area contributed by atoms with Crippen LogP contribution < -0.4 is 0 Å². The van der Waals surface area contributed by atoms with Crippen LogP contribution in [0, 0.1) is 42.4 Å². The van der Waals surface area contributed by atoms with Crippen LogP contribution in [0.5, 0.6) is 0 Å². The second-order valence-corrected chi connectivity index (χ2v) is 7.30. The second kappa shape index (κ2) is 4.40. The first-order valence-corrected chi connectivity index (χ1v) is 8.32. The number of rotatable bonds is 2. The number of hydrogen-bond acceptors (Lipinski definition) is 3. The number of aryl methyl sites for hydroxylation is 1. The fourth-order valence-electron chi connectivity index (χ4n) is 4.83. The smallest absolute Gasteiger partial charge is 0.254 e. The quantitative estimate of drug-likeness (QED) is 0.478. The van der Waals surface area contributed by atoms with Crippen molar-refractivity contribution in [2.75, 3.05) is 0 Å². The summed E-state index contributed by atoms with van der Waals surface area (Å²) in [7, 11) is 0. The Morgan fingerprint density at radius 2 is 1.57 bits per heavy atom. The van der Waals surface area contributed by atoms with Crippen molar-refractivity contribution >= 4 is 18.0 Å². The molecule has 1 aromatic rings. The number of nitrogens with zero attached hydrogens (tertiary/aromatic N) is 2. The fourth-order valence-corrected chi connectivity index (χ4v) is 4.83. The number of amides is 2. The molecule has 1 saturated heterocycles. The Morgan fingerprint density at radius 3 is 2.13 bits per heavy atom. The maximum Gasteiger partial charge on any atom is 0.254 e. The van der Waals surface area contributed by atoms with Crippen molar-refractivity contribution in [1.82, 2.24) is 5.01 Å². The maximum atomic E-state index is 12.7. The number of hydrogen-bond donors (Lipinski definition) is 0. The minimum Gasteiger partial charge on any atom is -0.272 e. The Balaban J connectivity index is 1.44. The van der Waals surface area contributed by atoms with Crippen LogP contribution in [0.15, 0.2) is 41.5 Å². The SMILES string of the molecule is Cc1ccc(/C=N\N2C(=O)[C@@H]3[C@@H]4C=C[C@H]([C@@H]5C[C@H]45)[C@H]3C2=O)cc1.